The van der Waals surface area contributed by atoms with Crippen LogP contribution in [0.15, 0.2) is 66.7 Å². The minimum absolute atomic E-state index is 0.158. The number of hydrogen-bond donors (Lipinski definition) is 2. The summed E-state index contributed by atoms with van der Waals surface area (Å²) < 4.78 is 7.29. The highest BCUT2D eigenvalue weighted by Gasteiger charge is 2.22. The first kappa shape index (κ1) is 26.9. The fraction of sp³-hybridized carbons (Fsp3) is 0.375. The molecule has 1 aliphatic heterocycles. The average molecular weight is 526 g/mol. The lowest BCUT2D eigenvalue weighted by molar-refractivity contribution is 0.0375. The van der Waals surface area contributed by atoms with Crippen LogP contribution in [0.2, 0.25) is 0 Å². The van der Waals surface area contributed by atoms with E-state index in [-0.39, 0.29) is 11.4 Å². The number of hydrogen-bond acceptors (Lipinski definition) is 4. The molecule has 1 aromatic heterocycles. The Balaban J connectivity index is 1.34. The molecule has 0 bridgehead atoms. The van der Waals surface area contributed by atoms with Crippen LogP contribution in [0.25, 0.3) is 16.5 Å². The van der Waals surface area contributed by atoms with Gasteiger partial charge in [-0.25, -0.2) is 9.48 Å². The van der Waals surface area contributed by atoms with Crippen molar-refractivity contribution in [2.75, 3.05) is 43.5 Å². The van der Waals surface area contributed by atoms with E-state index in [1.54, 1.807) is 0 Å². The van der Waals surface area contributed by atoms with Gasteiger partial charge in [-0.2, -0.15) is 5.10 Å². The number of anilines is 2. The molecule has 39 heavy (non-hydrogen) atoms. The number of nitrogens with one attached hydrogen (secondary N) is 2. The van der Waals surface area contributed by atoms with Gasteiger partial charge in [-0.05, 0) is 55.0 Å². The van der Waals surface area contributed by atoms with Gasteiger partial charge in [-0.15, -0.1) is 0 Å². The molecule has 3 aromatic carbocycles. The van der Waals surface area contributed by atoms with Crippen molar-refractivity contribution in [2.45, 2.75) is 46.0 Å². The first-order valence-corrected chi connectivity index (χ1v) is 13.8. The van der Waals surface area contributed by atoms with Gasteiger partial charge in [0.15, 0.2) is 0 Å². The van der Waals surface area contributed by atoms with Crippen molar-refractivity contribution in [3.05, 3.63) is 83.6 Å². The lowest BCUT2D eigenvalue weighted by Crippen LogP contribution is -2.36. The third kappa shape index (κ3) is 6.32. The van der Waals surface area contributed by atoms with E-state index in [0.29, 0.717) is 5.82 Å². The number of rotatable bonds is 7. The molecule has 0 spiro atoms. The molecule has 1 aliphatic rings. The second-order valence-electron chi connectivity index (χ2n) is 11.3. The Hall–Kier alpha value is -3.68. The molecule has 0 unspecified atom stereocenters. The summed E-state index contributed by atoms with van der Waals surface area (Å²) in [5, 5.41) is 13.2. The predicted octanol–water partition coefficient (Wildman–Crippen LogP) is 6.54. The second-order valence-corrected chi connectivity index (χ2v) is 11.3. The van der Waals surface area contributed by atoms with E-state index in [1.807, 2.05) is 54.1 Å². The SMILES string of the molecule is Cc1ccccc1-n1nc(C(C)(C)C)cc1NC(=O)Nc1ccc(CCCN2CCOCC2)c2ccccc12. The molecular weight excluding hydrogens is 486 g/mol. The van der Waals surface area contributed by atoms with Gasteiger partial charge < -0.3 is 10.1 Å². The molecule has 4 aromatic rings. The molecule has 2 heterocycles. The van der Waals surface area contributed by atoms with Crippen LogP contribution in [0.3, 0.4) is 0 Å². The highest BCUT2D eigenvalue weighted by molar-refractivity contribution is 6.06. The van der Waals surface area contributed by atoms with Gasteiger partial charge in [-0.3, -0.25) is 10.2 Å². The molecule has 1 fully saturated rings. The Labute approximate surface area is 231 Å². The van der Waals surface area contributed by atoms with E-state index >= 15 is 0 Å². The van der Waals surface area contributed by atoms with Gasteiger partial charge >= 0.3 is 6.03 Å². The number of carbonyl (C=O) groups excluding carboxylic acids is 1. The maximum atomic E-state index is 13.3. The Kier molecular flexibility index (Phi) is 8.00. The Morgan fingerprint density at radius 2 is 1.67 bits per heavy atom. The molecule has 2 amide bonds. The summed E-state index contributed by atoms with van der Waals surface area (Å²) in [6.07, 6.45) is 2.09. The second kappa shape index (κ2) is 11.6. The van der Waals surface area contributed by atoms with Crippen LogP contribution in [0.5, 0.6) is 0 Å². The average Bonchev–Trinajstić information content (AvgIpc) is 3.35. The summed E-state index contributed by atoms with van der Waals surface area (Å²) in [5.41, 5.74) is 4.87. The van der Waals surface area contributed by atoms with Crippen LogP contribution < -0.4 is 10.6 Å². The van der Waals surface area contributed by atoms with E-state index in [9.17, 15) is 4.79 Å². The monoisotopic (exact) mass is 525 g/mol. The highest BCUT2D eigenvalue weighted by atomic mass is 16.5. The van der Waals surface area contributed by atoms with Crippen LogP contribution in [0.1, 0.15) is 44.0 Å². The number of aryl methyl sites for hydroxylation is 2. The van der Waals surface area contributed by atoms with Crippen molar-refractivity contribution >= 4 is 28.3 Å². The first-order valence-electron chi connectivity index (χ1n) is 13.8. The van der Waals surface area contributed by atoms with Gasteiger partial charge in [0, 0.05) is 30.0 Å². The number of ether oxygens (including phenoxy) is 1. The molecule has 0 aliphatic carbocycles. The van der Waals surface area contributed by atoms with Crippen LogP contribution in [0.4, 0.5) is 16.3 Å². The highest BCUT2D eigenvalue weighted by Crippen LogP contribution is 2.30. The van der Waals surface area contributed by atoms with E-state index in [0.717, 1.165) is 73.7 Å². The molecule has 5 rings (SSSR count). The zero-order valence-electron chi connectivity index (χ0n) is 23.5. The zero-order chi connectivity index (χ0) is 27.4. The summed E-state index contributed by atoms with van der Waals surface area (Å²) in [5.74, 6) is 0.635. The Morgan fingerprint density at radius 3 is 2.41 bits per heavy atom. The molecule has 7 heteroatoms. The molecule has 1 saturated heterocycles. The van der Waals surface area contributed by atoms with Gasteiger partial charge in [0.25, 0.3) is 0 Å². The molecule has 0 atom stereocenters. The minimum atomic E-state index is -0.296. The van der Waals surface area contributed by atoms with Gasteiger partial charge in [0.1, 0.15) is 5.82 Å². The number of benzene rings is 3. The van der Waals surface area contributed by atoms with Crippen molar-refractivity contribution in [3.63, 3.8) is 0 Å². The molecular formula is C32H39N5O2. The third-order valence-corrected chi connectivity index (χ3v) is 7.35. The number of fused-ring (bicyclic) bond motifs is 1. The van der Waals surface area contributed by atoms with Crippen molar-refractivity contribution in [1.82, 2.24) is 14.7 Å². The number of para-hydroxylation sites is 1. The number of aromatic nitrogens is 2. The number of nitrogens with zero attached hydrogens (tertiary/aromatic N) is 3. The summed E-state index contributed by atoms with van der Waals surface area (Å²) in [6.45, 7) is 13.2. The number of amides is 2. The van der Waals surface area contributed by atoms with Crippen LogP contribution in [-0.2, 0) is 16.6 Å². The topological polar surface area (TPSA) is 71.4 Å². The van der Waals surface area contributed by atoms with E-state index in [1.165, 1.54) is 10.9 Å². The van der Waals surface area contributed by atoms with Crippen LogP contribution >= 0.6 is 0 Å². The van der Waals surface area contributed by atoms with E-state index in [2.05, 4.69) is 60.6 Å². The smallest absolute Gasteiger partial charge is 0.324 e. The van der Waals surface area contributed by atoms with Crippen LogP contribution in [0, 0.1) is 6.92 Å². The molecule has 0 saturated carbocycles. The molecule has 0 radical (unpaired) electrons. The van der Waals surface area contributed by atoms with Crippen molar-refractivity contribution in [1.29, 1.82) is 0 Å². The zero-order valence-corrected chi connectivity index (χ0v) is 23.5. The van der Waals surface area contributed by atoms with Gasteiger partial charge in [0.05, 0.1) is 30.3 Å². The Morgan fingerprint density at radius 1 is 0.949 bits per heavy atom. The summed E-state index contributed by atoms with van der Waals surface area (Å²) in [4.78, 5) is 15.8. The predicted molar refractivity (Wildman–Crippen MR) is 159 cm³/mol. The number of carbonyl (C=O) groups is 1. The molecule has 204 valence electrons. The van der Waals surface area contributed by atoms with Gasteiger partial charge in [-0.1, -0.05) is 69.3 Å². The largest absolute Gasteiger partial charge is 0.379 e. The fourth-order valence-electron chi connectivity index (χ4n) is 5.10. The third-order valence-electron chi connectivity index (χ3n) is 7.35. The minimum Gasteiger partial charge on any atom is -0.379 e. The first-order chi connectivity index (χ1) is 18.8. The molecule has 2 N–H and O–H groups in total. The van der Waals surface area contributed by atoms with E-state index < -0.39 is 0 Å². The van der Waals surface area contributed by atoms with E-state index in [4.69, 9.17) is 9.84 Å². The quantitative estimate of drug-likeness (QED) is 0.287. The standard InChI is InChI=1S/C32H39N5O2/c1-23-10-5-8-14-28(23)37-30(22-29(35-37)32(2,3)4)34-31(38)33-27-16-15-24(25-12-6-7-13-26(25)27)11-9-17-36-18-20-39-21-19-36/h5-8,10,12-16,22H,9,11,17-21H2,1-4H3,(H2,33,34,38). The van der Waals surface area contributed by atoms with Crippen molar-refractivity contribution < 1.29 is 9.53 Å². The molecule has 7 nitrogen and oxygen atoms in total. The summed E-state index contributed by atoms with van der Waals surface area (Å²) in [6, 6.07) is 22.2. The maximum absolute atomic E-state index is 13.3. The maximum Gasteiger partial charge on any atom is 0.324 e. The summed E-state index contributed by atoms with van der Waals surface area (Å²) in [7, 11) is 0. The normalized spacial score (nSPS) is 14.5. The Bertz CT molecular complexity index is 1450. The number of morpholine rings is 1. The lowest BCUT2D eigenvalue weighted by atomic mass is 9.92. The van der Waals surface area contributed by atoms with Gasteiger partial charge in [0.2, 0.25) is 0 Å². The van der Waals surface area contributed by atoms with Crippen molar-refractivity contribution in [2.24, 2.45) is 0 Å². The number of urea groups is 1. The van der Waals surface area contributed by atoms with Crippen LogP contribution in [-0.4, -0.2) is 53.6 Å². The lowest BCUT2D eigenvalue weighted by Gasteiger charge is -2.26. The fourth-order valence-corrected chi connectivity index (χ4v) is 5.10. The summed E-state index contributed by atoms with van der Waals surface area (Å²) >= 11 is 0. The van der Waals surface area contributed by atoms with Crippen molar-refractivity contribution in [3.8, 4) is 5.69 Å².